The molecule has 1 fully saturated rings. The second-order valence-corrected chi connectivity index (χ2v) is 4.31. The molecule has 0 aromatic rings. The standard InChI is InChI=1S/C11H24N2O/c1-3-4-11(9-10(2)14)13-7-5-12-6-8-13/h10-12,14H,3-9H2,1-2H3. The number of piperazine rings is 1. The van der Waals surface area contributed by atoms with Crippen molar-refractivity contribution in [1.29, 1.82) is 0 Å². The van der Waals surface area contributed by atoms with Crippen LogP contribution in [0.25, 0.3) is 0 Å². The van der Waals surface area contributed by atoms with Crippen LogP contribution >= 0.6 is 0 Å². The van der Waals surface area contributed by atoms with Crippen molar-refractivity contribution < 1.29 is 5.11 Å². The summed E-state index contributed by atoms with van der Waals surface area (Å²) in [5.41, 5.74) is 0. The summed E-state index contributed by atoms with van der Waals surface area (Å²) in [5, 5.41) is 12.8. The fourth-order valence-corrected chi connectivity index (χ4v) is 2.22. The molecule has 1 rings (SSSR count). The molecule has 3 heteroatoms. The zero-order valence-electron chi connectivity index (χ0n) is 9.50. The largest absolute Gasteiger partial charge is 0.393 e. The van der Waals surface area contributed by atoms with Crippen molar-refractivity contribution in [3.8, 4) is 0 Å². The topological polar surface area (TPSA) is 35.5 Å². The van der Waals surface area contributed by atoms with Crippen LogP contribution in [0.5, 0.6) is 0 Å². The lowest BCUT2D eigenvalue weighted by Crippen LogP contribution is -2.49. The summed E-state index contributed by atoms with van der Waals surface area (Å²) in [7, 11) is 0. The lowest BCUT2D eigenvalue weighted by atomic mass is 10.0. The predicted molar refractivity (Wildman–Crippen MR) is 59.4 cm³/mol. The van der Waals surface area contributed by atoms with Gasteiger partial charge >= 0.3 is 0 Å². The molecule has 0 amide bonds. The molecular weight excluding hydrogens is 176 g/mol. The van der Waals surface area contributed by atoms with E-state index in [1.807, 2.05) is 6.92 Å². The van der Waals surface area contributed by atoms with Crippen LogP contribution < -0.4 is 5.32 Å². The highest BCUT2D eigenvalue weighted by Gasteiger charge is 2.20. The molecule has 1 aliphatic rings. The van der Waals surface area contributed by atoms with Crippen LogP contribution in [0.15, 0.2) is 0 Å². The summed E-state index contributed by atoms with van der Waals surface area (Å²) in [6, 6.07) is 0.585. The monoisotopic (exact) mass is 200 g/mol. The van der Waals surface area contributed by atoms with Gasteiger partial charge in [0.1, 0.15) is 0 Å². The molecule has 2 unspecified atom stereocenters. The molecule has 0 saturated carbocycles. The van der Waals surface area contributed by atoms with Gasteiger partial charge in [0.15, 0.2) is 0 Å². The third kappa shape index (κ3) is 3.95. The highest BCUT2D eigenvalue weighted by atomic mass is 16.3. The van der Waals surface area contributed by atoms with Crippen molar-refractivity contribution in [1.82, 2.24) is 10.2 Å². The first-order chi connectivity index (χ1) is 6.74. The van der Waals surface area contributed by atoms with Gasteiger partial charge in [0, 0.05) is 32.2 Å². The van der Waals surface area contributed by atoms with E-state index in [1.165, 1.54) is 12.8 Å². The lowest BCUT2D eigenvalue weighted by molar-refractivity contribution is 0.0976. The van der Waals surface area contributed by atoms with Gasteiger partial charge in [-0.1, -0.05) is 13.3 Å². The molecule has 0 radical (unpaired) electrons. The summed E-state index contributed by atoms with van der Waals surface area (Å²) < 4.78 is 0. The summed E-state index contributed by atoms with van der Waals surface area (Å²) in [6.45, 7) is 8.58. The molecule has 14 heavy (non-hydrogen) atoms. The quantitative estimate of drug-likeness (QED) is 0.690. The van der Waals surface area contributed by atoms with Gasteiger partial charge in [0.25, 0.3) is 0 Å². The minimum Gasteiger partial charge on any atom is -0.393 e. The maximum Gasteiger partial charge on any atom is 0.0527 e. The molecule has 3 nitrogen and oxygen atoms in total. The van der Waals surface area contributed by atoms with Crippen LogP contribution in [0.4, 0.5) is 0 Å². The average Bonchev–Trinajstić information content (AvgIpc) is 2.18. The molecule has 1 saturated heterocycles. The van der Waals surface area contributed by atoms with E-state index in [-0.39, 0.29) is 6.10 Å². The minimum atomic E-state index is -0.165. The van der Waals surface area contributed by atoms with Gasteiger partial charge in [-0.3, -0.25) is 4.90 Å². The summed E-state index contributed by atoms with van der Waals surface area (Å²) in [6.07, 6.45) is 3.18. The van der Waals surface area contributed by atoms with Crippen molar-refractivity contribution in [2.75, 3.05) is 26.2 Å². The Labute approximate surface area is 87.5 Å². The second kappa shape index (κ2) is 6.38. The number of aliphatic hydroxyl groups excluding tert-OH is 1. The highest BCUT2D eigenvalue weighted by Crippen LogP contribution is 2.13. The van der Waals surface area contributed by atoms with E-state index in [2.05, 4.69) is 17.1 Å². The third-order valence-electron chi connectivity index (χ3n) is 2.90. The van der Waals surface area contributed by atoms with Crippen LogP contribution in [0.1, 0.15) is 33.1 Å². The molecule has 1 aliphatic heterocycles. The Kier molecular flexibility index (Phi) is 5.45. The first kappa shape index (κ1) is 12.0. The van der Waals surface area contributed by atoms with Crippen LogP contribution in [-0.4, -0.2) is 48.3 Å². The molecule has 0 aliphatic carbocycles. The van der Waals surface area contributed by atoms with Gasteiger partial charge in [0.05, 0.1) is 6.10 Å². The second-order valence-electron chi connectivity index (χ2n) is 4.31. The first-order valence-corrected chi connectivity index (χ1v) is 5.87. The molecule has 1 heterocycles. The minimum absolute atomic E-state index is 0.165. The number of nitrogens with one attached hydrogen (secondary N) is 1. The number of rotatable bonds is 5. The molecule has 84 valence electrons. The molecule has 0 spiro atoms. The molecule has 0 aromatic heterocycles. The average molecular weight is 200 g/mol. The SMILES string of the molecule is CCCC(CC(C)O)N1CCNCC1. The smallest absolute Gasteiger partial charge is 0.0527 e. The molecular formula is C11H24N2O. The Bertz CT molecular complexity index is 144. The van der Waals surface area contributed by atoms with Crippen molar-refractivity contribution >= 4 is 0 Å². The lowest BCUT2D eigenvalue weighted by Gasteiger charge is -2.35. The van der Waals surface area contributed by atoms with Crippen molar-refractivity contribution in [3.63, 3.8) is 0 Å². The van der Waals surface area contributed by atoms with Crippen LogP contribution in [0.2, 0.25) is 0 Å². The van der Waals surface area contributed by atoms with E-state index in [9.17, 15) is 5.11 Å². The van der Waals surface area contributed by atoms with Gasteiger partial charge < -0.3 is 10.4 Å². The summed E-state index contributed by atoms with van der Waals surface area (Å²) in [5.74, 6) is 0. The van der Waals surface area contributed by atoms with Gasteiger partial charge in [-0.15, -0.1) is 0 Å². The number of nitrogens with zero attached hydrogens (tertiary/aromatic N) is 1. The fourth-order valence-electron chi connectivity index (χ4n) is 2.22. The van der Waals surface area contributed by atoms with Gasteiger partial charge in [-0.25, -0.2) is 0 Å². The fraction of sp³-hybridized carbons (Fsp3) is 1.00. The van der Waals surface area contributed by atoms with Crippen molar-refractivity contribution in [3.05, 3.63) is 0 Å². The Balaban J connectivity index is 2.38. The van der Waals surface area contributed by atoms with Gasteiger partial charge in [-0.05, 0) is 19.8 Å². The van der Waals surface area contributed by atoms with E-state index in [1.54, 1.807) is 0 Å². The number of aliphatic hydroxyl groups is 1. The Hall–Kier alpha value is -0.120. The van der Waals surface area contributed by atoms with Crippen LogP contribution in [0, 0.1) is 0 Å². The molecule has 0 aromatic carbocycles. The molecule has 2 atom stereocenters. The van der Waals surface area contributed by atoms with E-state index < -0.39 is 0 Å². The zero-order chi connectivity index (χ0) is 10.4. The van der Waals surface area contributed by atoms with Crippen molar-refractivity contribution in [2.24, 2.45) is 0 Å². The van der Waals surface area contributed by atoms with E-state index in [4.69, 9.17) is 0 Å². The van der Waals surface area contributed by atoms with E-state index in [0.717, 1.165) is 32.6 Å². The van der Waals surface area contributed by atoms with E-state index >= 15 is 0 Å². The predicted octanol–water partition coefficient (Wildman–Crippen LogP) is 0.831. The maximum absolute atomic E-state index is 9.44. The molecule has 0 bridgehead atoms. The maximum atomic E-state index is 9.44. The van der Waals surface area contributed by atoms with Crippen LogP contribution in [-0.2, 0) is 0 Å². The Morgan fingerprint density at radius 2 is 2.00 bits per heavy atom. The first-order valence-electron chi connectivity index (χ1n) is 5.87. The van der Waals surface area contributed by atoms with Crippen LogP contribution in [0.3, 0.4) is 0 Å². The van der Waals surface area contributed by atoms with Gasteiger partial charge in [0.2, 0.25) is 0 Å². The molecule has 2 N–H and O–H groups in total. The van der Waals surface area contributed by atoms with Gasteiger partial charge in [-0.2, -0.15) is 0 Å². The van der Waals surface area contributed by atoms with E-state index in [0.29, 0.717) is 6.04 Å². The highest BCUT2D eigenvalue weighted by molar-refractivity contribution is 4.77. The summed E-state index contributed by atoms with van der Waals surface area (Å²) >= 11 is 0. The number of hydrogen-bond donors (Lipinski definition) is 2. The van der Waals surface area contributed by atoms with Crippen molar-refractivity contribution in [2.45, 2.75) is 45.3 Å². The summed E-state index contributed by atoms with van der Waals surface area (Å²) in [4.78, 5) is 2.52. The normalized spacial score (nSPS) is 23.4. The number of hydrogen-bond acceptors (Lipinski definition) is 3. The Morgan fingerprint density at radius 3 is 2.50 bits per heavy atom. The third-order valence-corrected chi connectivity index (χ3v) is 2.90. The Morgan fingerprint density at radius 1 is 1.36 bits per heavy atom. The zero-order valence-corrected chi connectivity index (χ0v) is 9.50.